The van der Waals surface area contributed by atoms with Crippen LogP contribution in [-0.4, -0.2) is 58.4 Å². The second kappa shape index (κ2) is 7.17. The Kier molecular flexibility index (Phi) is 5.79. The second-order valence-electron chi connectivity index (χ2n) is 7.08. The SMILES string of the molecule is CC(C)(C)SCCN1CCC(N2CCCCC2=O)CC1. The molecule has 0 bridgehead atoms. The van der Waals surface area contributed by atoms with Crippen molar-refractivity contribution in [1.82, 2.24) is 9.80 Å². The van der Waals surface area contributed by atoms with Crippen molar-refractivity contribution in [2.75, 3.05) is 31.9 Å². The predicted molar refractivity (Wildman–Crippen MR) is 87.2 cm³/mol. The minimum atomic E-state index is 0.374. The Labute approximate surface area is 128 Å². The molecular weight excluding hydrogens is 268 g/mol. The van der Waals surface area contributed by atoms with Crippen molar-refractivity contribution in [3.63, 3.8) is 0 Å². The van der Waals surface area contributed by atoms with E-state index in [2.05, 4.69) is 42.3 Å². The molecule has 0 spiro atoms. The third-order valence-corrected chi connectivity index (χ3v) is 5.55. The smallest absolute Gasteiger partial charge is 0.222 e. The van der Waals surface area contributed by atoms with Gasteiger partial charge in [0, 0.05) is 49.1 Å². The molecule has 0 aromatic carbocycles. The van der Waals surface area contributed by atoms with Gasteiger partial charge in [0.1, 0.15) is 0 Å². The molecule has 2 fully saturated rings. The van der Waals surface area contributed by atoms with E-state index in [-0.39, 0.29) is 0 Å². The number of piperidine rings is 2. The molecule has 2 saturated heterocycles. The number of hydrogen-bond acceptors (Lipinski definition) is 3. The summed E-state index contributed by atoms with van der Waals surface area (Å²) >= 11 is 2.05. The van der Waals surface area contributed by atoms with E-state index in [1.807, 2.05) is 0 Å². The van der Waals surface area contributed by atoms with Crippen molar-refractivity contribution in [1.29, 1.82) is 0 Å². The zero-order chi connectivity index (χ0) is 14.6. The minimum absolute atomic E-state index is 0.374. The van der Waals surface area contributed by atoms with Gasteiger partial charge in [-0.3, -0.25) is 4.79 Å². The Bertz CT molecular complexity index is 319. The molecule has 0 unspecified atom stereocenters. The van der Waals surface area contributed by atoms with Gasteiger partial charge in [0.05, 0.1) is 0 Å². The molecular formula is C16H30N2OS. The van der Waals surface area contributed by atoms with E-state index >= 15 is 0 Å². The lowest BCUT2D eigenvalue weighted by atomic mass is 9.99. The Balaban J connectivity index is 1.68. The van der Waals surface area contributed by atoms with Crippen molar-refractivity contribution in [2.45, 2.75) is 63.7 Å². The van der Waals surface area contributed by atoms with E-state index in [0.717, 1.165) is 19.4 Å². The van der Waals surface area contributed by atoms with E-state index in [4.69, 9.17) is 0 Å². The zero-order valence-corrected chi connectivity index (χ0v) is 14.2. The van der Waals surface area contributed by atoms with E-state index < -0.39 is 0 Å². The molecule has 2 aliphatic rings. The summed E-state index contributed by atoms with van der Waals surface area (Å²) in [6.45, 7) is 11.4. The summed E-state index contributed by atoms with van der Waals surface area (Å²) in [7, 11) is 0. The third kappa shape index (κ3) is 4.96. The van der Waals surface area contributed by atoms with Crippen molar-refractivity contribution >= 4 is 17.7 Å². The van der Waals surface area contributed by atoms with Crippen LogP contribution in [0.3, 0.4) is 0 Å². The summed E-state index contributed by atoms with van der Waals surface area (Å²) in [5, 5.41) is 0. The number of thioether (sulfide) groups is 1. The highest BCUT2D eigenvalue weighted by Gasteiger charge is 2.29. The van der Waals surface area contributed by atoms with Crippen LogP contribution in [-0.2, 0) is 4.79 Å². The van der Waals surface area contributed by atoms with Crippen LogP contribution in [0.1, 0.15) is 52.9 Å². The van der Waals surface area contributed by atoms with Crippen molar-refractivity contribution in [3.8, 4) is 0 Å². The molecule has 0 atom stereocenters. The van der Waals surface area contributed by atoms with Gasteiger partial charge >= 0.3 is 0 Å². The number of carbonyl (C=O) groups is 1. The molecule has 2 rings (SSSR count). The Hall–Kier alpha value is -0.220. The molecule has 3 nitrogen and oxygen atoms in total. The fourth-order valence-corrected chi connectivity index (χ4v) is 4.11. The maximum Gasteiger partial charge on any atom is 0.222 e. The van der Waals surface area contributed by atoms with Gasteiger partial charge in [0.2, 0.25) is 5.91 Å². The molecule has 20 heavy (non-hydrogen) atoms. The first-order valence-corrected chi connectivity index (χ1v) is 9.10. The fraction of sp³-hybridized carbons (Fsp3) is 0.938. The Morgan fingerprint density at radius 1 is 1.15 bits per heavy atom. The Morgan fingerprint density at radius 3 is 2.45 bits per heavy atom. The number of likely N-dealkylation sites (tertiary alicyclic amines) is 2. The highest BCUT2D eigenvalue weighted by Crippen LogP contribution is 2.25. The molecule has 116 valence electrons. The summed E-state index contributed by atoms with van der Waals surface area (Å²) in [6, 6.07) is 0.523. The lowest BCUT2D eigenvalue weighted by molar-refractivity contribution is -0.136. The molecule has 0 aromatic heterocycles. The van der Waals surface area contributed by atoms with Gasteiger partial charge in [-0.1, -0.05) is 20.8 Å². The Morgan fingerprint density at radius 2 is 1.85 bits per heavy atom. The standard InChI is InChI=1S/C16H30N2OS/c1-16(2,3)20-13-12-17-10-7-14(8-11-17)18-9-5-4-6-15(18)19/h14H,4-13H2,1-3H3. The molecule has 0 radical (unpaired) electrons. The van der Waals surface area contributed by atoms with Crippen molar-refractivity contribution in [2.24, 2.45) is 0 Å². The maximum absolute atomic E-state index is 12.0. The molecule has 0 aliphatic carbocycles. The van der Waals surface area contributed by atoms with Crippen LogP contribution in [0.4, 0.5) is 0 Å². The zero-order valence-electron chi connectivity index (χ0n) is 13.4. The first-order valence-electron chi connectivity index (χ1n) is 8.11. The van der Waals surface area contributed by atoms with Crippen molar-refractivity contribution < 1.29 is 4.79 Å². The van der Waals surface area contributed by atoms with Crippen LogP contribution in [0.5, 0.6) is 0 Å². The maximum atomic E-state index is 12.0. The topological polar surface area (TPSA) is 23.6 Å². The third-order valence-electron chi connectivity index (χ3n) is 4.30. The van der Waals surface area contributed by atoms with Crippen LogP contribution >= 0.6 is 11.8 Å². The molecule has 2 aliphatic heterocycles. The number of amides is 1. The number of hydrogen-bond donors (Lipinski definition) is 0. The van der Waals surface area contributed by atoms with Gasteiger partial charge in [0.25, 0.3) is 0 Å². The predicted octanol–water partition coefficient (Wildman–Crippen LogP) is 3.00. The minimum Gasteiger partial charge on any atom is -0.340 e. The number of nitrogens with zero attached hydrogens (tertiary/aromatic N) is 2. The average Bonchev–Trinajstić information content (AvgIpc) is 2.39. The second-order valence-corrected chi connectivity index (χ2v) is 9.00. The summed E-state index contributed by atoms with van der Waals surface area (Å²) in [5.41, 5.74) is 0. The monoisotopic (exact) mass is 298 g/mol. The summed E-state index contributed by atoms with van der Waals surface area (Å²) in [5.74, 6) is 1.62. The van der Waals surface area contributed by atoms with Gasteiger partial charge < -0.3 is 9.80 Å². The van der Waals surface area contributed by atoms with Crippen LogP contribution < -0.4 is 0 Å². The lowest BCUT2D eigenvalue weighted by Gasteiger charge is -2.40. The van der Waals surface area contributed by atoms with Gasteiger partial charge in [-0.2, -0.15) is 11.8 Å². The highest BCUT2D eigenvalue weighted by molar-refractivity contribution is 8.00. The van der Waals surface area contributed by atoms with E-state index in [9.17, 15) is 4.79 Å². The lowest BCUT2D eigenvalue weighted by Crippen LogP contribution is -2.49. The molecule has 0 saturated carbocycles. The van der Waals surface area contributed by atoms with E-state index in [0.29, 0.717) is 16.7 Å². The van der Waals surface area contributed by atoms with Gasteiger partial charge in [-0.05, 0) is 25.7 Å². The number of carbonyl (C=O) groups excluding carboxylic acids is 1. The molecule has 2 heterocycles. The summed E-state index contributed by atoms with van der Waals surface area (Å²) in [4.78, 5) is 16.7. The quantitative estimate of drug-likeness (QED) is 0.797. The largest absolute Gasteiger partial charge is 0.340 e. The molecule has 0 N–H and O–H groups in total. The highest BCUT2D eigenvalue weighted by atomic mass is 32.2. The summed E-state index contributed by atoms with van der Waals surface area (Å²) in [6.07, 6.45) is 5.42. The van der Waals surface area contributed by atoms with E-state index in [1.54, 1.807) is 0 Å². The van der Waals surface area contributed by atoms with Crippen LogP contribution in [0.25, 0.3) is 0 Å². The van der Waals surface area contributed by atoms with E-state index in [1.165, 1.54) is 44.6 Å². The summed E-state index contributed by atoms with van der Waals surface area (Å²) < 4.78 is 0.374. The molecule has 1 amide bonds. The van der Waals surface area contributed by atoms with Crippen LogP contribution in [0, 0.1) is 0 Å². The van der Waals surface area contributed by atoms with Gasteiger partial charge in [0.15, 0.2) is 0 Å². The van der Waals surface area contributed by atoms with Gasteiger partial charge in [-0.25, -0.2) is 0 Å². The molecule has 0 aromatic rings. The number of rotatable bonds is 4. The van der Waals surface area contributed by atoms with Crippen LogP contribution in [0.15, 0.2) is 0 Å². The first-order chi connectivity index (χ1) is 9.46. The van der Waals surface area contributed by atoms with Gasteiger partial charge in [-0.15, -0.1) is 0 Å². The first kappa shape index (κ1) is 16.2. The van der Waals surface area contributed by atoms with Crippen LogP contribution in [0.2, 0.25) is 0 Å². The van der Waals surface area contributed by atoms with Crippen molar-refractivity contribution in [3.05, 3.63) is 0 Å². The molecule has 4 heteroatoms. The fourth-order valence-electron chi connectivity index (χ4n) is 3.15. The average molecular weight is 298 g/mol. The normalized spacial score (nSPS) is 23.4.